The highest BCUT2D eigenvalue weighted by Gasteiger charge is 2.21. The molecule has 0 spiro atoms. The Morgan fingerprint density at radius 3 is 2.63 bits per heavy atom. The van der Waals surface area contributed by atoms with Crippen molar-refractivity contribution in [3.05, 3.63) is 82.0 Å². The number of anilines is 1. The number of nitrogen functional groups attached to an aromatic ring is 1. The van der Waals surface area contributed by atoms with Crippen LogP contribution in [-0.2, 0) is 5.75 Å². The molecule has 4 rings (SSSR count). The van der Waals surface area contributed by atoms with Crippen LogP contribution in [0.1, 0.15) is 16.8 Å². The van der Waals surface area contributed by atoms with Crippen molar-refractivity contribution in [2.24, 2.45) is 0 Å². The summed E-state index contributed by atoms with van der Waals surface area (Å²) in [6.07, 6.45) is 0.548. The van der Waals surface area contributed by atoms with Gasteiger partial charge < -0.3 is 25.1 Å². The van der Waals surface area contributed by atoms with Gasteiger partial charge in [-0.15, -0.1) is 0 Å². The fourth-order valence-electron chi connectivity index (χ4n) is 3.56. The number of hydrogen-bond donors (Lipinski definition) is 3. The first-order chi connectivity index (χ1) is 18.3. The standard InChI is InChI=1S/C27H22ClN5O4S/c1-15-9-17(5-8-22(15)28)26-32-18(12-37-26)14-38-27-21(10-29)23(24(31-2)25(30)33-27)16-3-6-20(7-4-16)36-13-19(35)11-34/h3-9,12,19,34-35H,11,13-14H2,1H3,(H2,30,33)/t19-/m0/s1. The second kappa shape index (κ2) is 12.0. The number of rotatable bonds is 9. The molecular formula is C27H22ClN5O4S. The van der Waals surface area contributed by atoms with Gasteiger partial charge in [0.25, 0.3) is 0 Å². The van der Waals surface area contributed by atoms with Gasteiger partial charge in [0.1, 0.15) is 41.6 Å². The van der Waals surface area contributed by atoms with E-state index in [0.717, 1.165) is 11.1 Å². The molecule has 11 heteroatoms. The molecule has 1 atom stereocenters. The average Bonchev–Trinajstić information content (AvgIpc) is 3.41. The minimum Gasteiger partial charge on any atom is -0.491 e. The van der Waals surface area contributed by atoms with Crippen molar-refractivity contribution in [1.29, 1.82) is 5.26 Å². The van der Waals surface area contributed by atoms with Gasteiger partial charge in [0.15, 0.2) is 0 Å². The SMILES string of the molecule is [C-]#[N+]c1c(N)nc(SCc2coc(-c3ccc(Cl)c(C)c3)n2)c(C#N)c1-c1ccc(OC[C@@H](O)CO)cc1. The number of ether oxygens (including phenoxy) is 1. The van der Waals surface area contributed by atoms with Crippen molar-refractivity contribution in [3.8, 4) is 34.4 Å². The lowest BCUT2D eigenvalue weighted by Gasteiger charge is -2.14. The van der Waals surface area contributed by atoms with E-state index in [-0.39, 0.29) is 23.7 Å². The van der Waals surface area contributed by atoms with Crippen LogP contribution < -0.4 is 10.5 Å². The van der Waals surface area contributed by atoms with Crippen LogP contribution in [0.25, 0.3) is 27.4 Å². The molecule has 0 aliphatic carbocycles. The number of aliphatic hydroxyl groups is 2. The lowest BCUT2D eigenvalue weighted by molar-refractivity contribution is 0.0536. The van der Waals surface area contributed by atoms with Gasteiger partial charge in [0.2, 0.25) is 11.6 Å². The molecule has 2 heterocycles. The third-order valence-electron chi connectivity index (χ3n) is 5.50. The molecule has 9 nitrogen and oxygen atoms in total. The van der Waals surface area contributed by atoms with Crippen LogP contribution in [0.2, 0.25) is 5.02 Å². The molecule has 4 aromatic rings. The molecule has 0 radical (unpaired) electrons. The van der Waals surface area contributed by atoms with Gasteiger partial charge in [0.05, 0.1) is 24.4 Å². The highest BCUT2D eigenvalue weighted by molar-refractivity contribution is 7.98. The summed E-state index contributed by atoms with van der Waals surface area (Å²) in [6.45, 7) is 9.04. The van der Waals surface area contributed by atoms with E-state index in [4.69, 9.17) is 38.2 Å². The minimum absolute atomic E-state index is 0.0142. The van der Waals surface area contributed by atoms with Crippen LogP contribution in [0.4, 0.5) is 11.5 Å². The summed E-state index contributed by atoms with van der Waals surface area (Å²) < 4.78 is 11.1. The summed E-state index contributed by atoms with van der Waals surface area (Å²) >= 11 is 7.37. The monoisotopic (exact) mass is 547 g/mol. The normalized spacial score (nSPS) is 11.5. The van der Waals surface area contributed by atoms with Crippen molar-refractivity contribution in [2.45, 2.75) is 23.8 Å². The lowest BCUT2D eigenvalue weighted by Crippen LogP contribution is -2.21. The zero-order valence-electron chi connectivity index (χ0n) is 20.2. The number of nitriles is 1. The van der Waals surface area contributed by atoms with E-state index in [9.17, 15) is 10.4 Å². The molecule has 192 valence electrons. The summed E-state index contributed by atoms with van der Waals surface area (Å²) in [6, 6.07) is 14.4. The zero-order chi connectivity index (χ0) is 27.2. The number of oxazole rings is 1. The van der Waals surface area contributed by atoms with Gasteiger partial charge in [0, 0.05) is 21.9 Å². The number of aliphatic hydroxyl groups excluding tert-OH is 2. The first kappa shape index (κ1) is 27.0. The topological polar surface area (TPSA) is 143 Å². The first-order valence-electron chi connectivity index (χ1n) is 11.3. The van der Waals surface area contributed by atoms with Crippen LogP contribution in [-0.4, -0.2) is 39.5 Å². The number of nitrogens with zero attached hydrogens (tertiary/aromatic N) is 4. The third kappa shape index (κ3) is 5.91. The molecule has 0 unspecified atom stereocenters. The summed E-state index contributed by atoms with van der Waals surface area (Å²) in [4.78, 5) is 12.4. The largest absolute Gasteiger partial charge is 0.491 e. The van der Waals surface area contributed by atoms with E-state index in [1.54, 1.807) is 36.6 Å². The van der Waals surface area contributed by atoms with Crippen LogP contribution >= 0.6 is 23.4 Å². The van der Waals surface area contributed by atoms with Crippen LogP contribution in [0, 0.1) is 24.8 Å². The van der Waals surface area contributed by atoms with Crippen molar-refractivity contribution in [2.75, 3.05) is 18.9 Å². The molecule has 2 aromatic heterocycles. The predicted molar refractivity (Wildman–Crippen MR) is 145 cm³/mol. The van der Waals surface area contributed by atoms with Crippen LogP contribution in [0.3, 0.4) is 0 Å². The zero-order valence-corrected chi connectivity index (χ0v) is 21.8. The molecule has 2 aromatic carbocycles. The van der Waals surface area contributed by atoms with Crippen molar-refractivity contribution in [1.82, 2.24) is 9.97 Å². The molecule has 0 saturated carbocycles. The van der Waals surface area contributed by atoms with Crippen LogP contribution in [0.5, 0.6) is 5.75 Å². The highest BCUT2D eigenvalue weighted by Crippen LogP contribution is 2.42. The van der Waals surface area contributed by atoms with E-state index >= 15 is 0 Å². The molecule has 0 aliphatic heterocycles. The van der Waals surface area contributed by atoms with E-state index in [1.165, 1.54) is 11.8 Å². The molecule has 0 aliphatic rings. The Bertz CT molecular complexity index is 1540. The summed E-state index contributed by atoms with van der Waals surface area (Å²) in [5.74, 6) is 1.28. The number of benzene rings is 2. The predicted octanol–water partition coefficient (Wildman–Crippen LogP) is 5.39. The smallest absolute Gasteiger partial charge is 0.236 e. The quantitative estimate of drug-likeness (QED) is 0.185. The van der Waals surface area contributed by atoms with Gasteiger partial charge in [-0.3, -0.25) is 0 Å². The maximum absolute atomic E-state index is 10.0. The minimum atomic E-state index is -0.996. The number of halogens is 1. The maximum atomic E-state index is 10.0. The number of aryl methyl sites for hydroxylation is 1. The van der Waals surface area contributed by atoms with E-state index in [2.05, 4.69) is 20.9 Å². The molecule has 38 heavy (non-hydrogen) atoms. The van der Waals surface area contributed by atoms with Crippen molar-refractivity contribution < 1.29 is 19.4 Å². The Kier molecular flexibility index (Phi) is 8.52. The second-order valence-electron chi connectivity index (χ2n) is 8.19. The number of hydrogen-bond acceptors (Lipinski definition) is 9. The molecule has 0 saturated heterocycles. The Labute approximate surface area is 228 Å². The molecule has 4 N–H and O–H groups in total. The number of nitrogens with two attached hydrogens (primary N) is 1. The van der Waals surface area contributed by atoms with Crippen molar-refractivity contribution >= 4 is 34.9 Å². The van der Waals surface area contributed by atoms with Crippen molar-refractivity contribution in [3.63, 3.8) is 0 Å². The Morgan fingerprint density at radius 2 is 1.97 bits per heavy atom. The third-order valence-corrected chi connectivity index (χ3v) is 6.93. The van der Waals surface area contributed by atoms with E-state index in [0.29, 0.717) is 44.3 Å². The molecule has 0 bridgehead atoms. The van der Waals surface area contributed by atoms with Gasteiger partial charge in [-0.05, 0) is 48.4 Å². The first-order valence-corrected chi connectivity index (χ1v) is 12.7. The molecule has 0 fully saturated rings. The van der Waals surface area contributed by atoms with Gasteiger partial charge in [-0.1, -0.05) is 35.5 Å². The van der Waals surface area contributed by atoms with E-state index in [1.807, 2.05) is 19.1 Å². The molecular weight excluding hydrogens is 526 g/mol. The van der Waals surface area contributed by atoms with Gasteiger partial charge in [-0.25, -0.2) is 14.8 Å². The highest BCUT2D eigenvalue weighted by atomic mass is 35.5. The summed E-state index contributed by atoms with van der Waals surface area (Å²) in [7, 11) is 0. The summed E-state index contributed by atoms with van der Waals surface area (Å²) in [5, 5.41) is 29.5. The summed E-state index contributed by atoms with van der Waals surface area (Å²) in [5.41, 5.74) is 9.73. The second-order valence-corrected chi connectivity index (χ2v) is 9.56. The van der Waals surface area contributed by atoms with Gasteiger partial charge >= 0.3 is 0 Å². The lowest BCUT2D eigenvalue weighted by atomic mass is 10.00. The van der Waals surface area contributed by atoms with E-state index < -0.39 is 12.7 Å². The Balaban J connectivity index is 1.60. The van der Waals surface area contributed by atoms with Gasteiger partial charge in [-0.2, -0.15) is 5.26 Å². The average molecular weight is 548 g/mol. The maximum Gasteiger partial charge on any atom is 0.236 e. The number of aromatic nitrogens is 2. The molecule has 0 amide bonds. The fourth-order valence-corrected chi connectivity index (χ4v) is 4.55. The number of pyridine rings is 1. The fraction of sp³-hybridized carbons (Fsp3) is 0.185. The Morgan fingerprint density at radius 1 is 1.24 bits per heavy atom. The van der Waals surface area contributed by atoms with Crippen LogP contribution in [0.15, 0.2) is 58.2 Å². The number of thioether (sulfide) groups is 1. The Hall–Kier alpha value is -4.06.